The molecule has 0 unspecified atom stereocenters. The van der Waals surface area contributed by atoms with Crippen molar-refractivity contribution in [1.29, 1.82) is 0 Å². The van der Waals surface area contributed by atoms with Crippen LogP contribution in [0.15, 0.2) is 24.3 Å². The molecule has 3 heteroatoms. The molecule has 0 radical (unpaired) electrons. The molecule has 16 heavy (non-hydrogen) atoms. The Labute approximate surface area is 100 Å². The van der Waals surface area contributed by atoms with Crippen molar-refractivity contribution < 1.29 is 0 Å². The van der Waals surface area contributed by atoms with E-state index in [1.165, 1.54) is 24.2 Å². The molecule has 1 aromatic heterocycles. The SMILES string of the molecule is ClCCCc1nc2ccccc2n1C1CC1. The summed E-state index contributed by atoms with van der Waals surface area (Å²) in [6.45, 7) is 0. The maximum atomic E-state index is 5.76. The number of hydrogen-bond donors (Lipinski definition) is 0. The normalized spacial score (nSPS) is 15.8. The number of halogens is 1. The molecule has 0 N–H and O–H groups in total. The lowest BCUT2D eigenvalue weighted by atomic mass is 10.3. The zero-order valence-corrected chi connectivity index (χ0v) is 9.95. The summed E-state index contributed by atoms with van der Waals surface area (Å²) in [5.74, 6) is 1.93. The van der Waals surface area contributed by atoms with Gasteiger partial charge >= 0.3 is 0 Å². The maximum Gasteiger partial charge on any atom is 0.110 e. The third-order valence-corrected chi connectivity index (χ3v) is 3.38. The van der Waals surface area contributed by atoms with Crippen molar-refractivity contribution in [2.75, 3.05) is 5.88 Å². The minimum atomic E-state index is 0.692. The predicted molar refractivity (Wildman–Crippen MR) is 67.0 cm³/mol. The van der Waals surface area contributed by atoms with Gasteiger partial charge in [0.05, 0.1) is 11.0 Å². The minimum absolute atomic E-state index is 0.692. The lowest BCUT2D eigenvalue weighted by molar-refractivity contribution is 0.687. The lowest BCUT2D eigenvalue weighted by Crippen LogP contribution is -2.01. The van der Waals surface area contributed by atoms with E-state index in [1.807, 2.05) is 0 Å². The van der Waals surface area contributed by atoms with Gasteiger partial charge in [-0.05, 0) is 31.4 Å². The third-order valence-electron chi connectivity index (χ3n) is 3.11. The van der Waals surface area contributed by atoms with Crippen molar-refractivity contribution in [3.05, 3.63) is 30.1 Å². The molecule has 1 aliphatic carbocycles. The van der Waals surface area contributed by atoms with Crippen molar-refractivity contribution in [3.63, 3.8) is 0 Å². The summed E-state index contributed by atoms with van der Waals surface area (Å²) in [4.78, 5) is 4.72. The Morgan fingerprint density at radius 2 is 2.12 bits per heavy atom. The van der Waals surface area contributed by atoms with Crippen molar-refractivity contribution in [2.45, 2.75) is 31.7 Å². The highest BCUT2D eigenvalue weighted by Gasteiger charge is 2.27. The quantitative estimate of drug-likeness (QED) is 0.740. The van der Waals surface area contributed by atoms with Gasteiger partial charge in [0.25, 0.3) is 0 Å². The molecule has 3 rings (SSSR count). The number of aryl methyl sites for hydroxylation is 1. The zero-order chi connectivity index (χ0) is 11.0. The van der Waals surface area contributed by atoms with Gasteiger partial charge in [0.2, 0.25) is 0 Å². The Kier molecular flexibility index (Phi) is 2.60. The first-order chi connectivity index (χ1) is 7.90. The molecule has 0 atom stereocenters. The number of rotatable bonds is 4. The topological polar surface area (TPSA) is 17.8 Å². The first-order valence-corrected chi connectivity index (χ1v) is 6.45. The summed E-state index contributed by atoms with van der Waals surface area (Å²) in [5.41, 5.74) is 2.41. The fourth-order valence-corrected chi connectivity index (χ4v) is 2.37. The molecule has 0 saturated heterocycles. The van der Waals surface area contributed by atoms with Crippen LogP contribution in [-0.4, -0.2) is 15.4 Å². The number of alkyl halides is 1. The van der Waals surface area contributed by atoms with Crippen LogP contribution >= 0.6 is 11.6 Å². The van der Waals surface area contributed by atoms with E-state index in [0.717, 1.165) is 18.4 Å². The molecule has 84 valence electrons. The van der Waals surface area contributed by atoms with E-state index in [0.29, 0.717) is 11.9 Å². The van der Waals surface area contributed by atoms with Gasteiger partial charge in [0, 0.05) is 18.3 Å². The molecule has 0 amide bonds. The molecule has 1 heterocycles. The van der Waals surface area contributed by atoms with Crippen LogP contribution in [0.1, 0.15) is 31.1 Å². The smallest absolute Gasteiger partial charge is 0.110 e. The molecular formula is C13H15ClN2. The summed E-state index contributed by atoms with van der Waals surface area (Å²) in [6.07, 6.45) is 4.61. The molecule has 1 fully saturated rings. The van der Waals surface area contributed by atoms with Crippen LogP contribution in [0.2, 0.25) is 0 Å². The molecule has 1 aromatic carbocycles. The Morgan fingerprint density at radius 1 is 1.31 bits per heavy atom. The summed E-state index contributed by atoms with van der Waals surface area (Å²) in [7, 11) is 0. The Morgan fingerprint density at radius 3 is 2.88 bits per heavy atom. The molecule has 0 aliphatic heterocycles. The zero-order valence-electron chi connectivity index (χ0n) is 9.19. The first-order valence-electron chi connectivity index (χ1n) is 5.92. The molecule has 2 aromatic rings. The van der Waals surface area contributed by atoms with Crippen LogP contribution in [0, 0.1) is 0 Å². The number of fused-ring (bicyclic) bond motifs is 1. The van der Waals surface area contributed by atoms with Crippen molar-refractivity contribution in [1.82, 2.24) is 9.55 Å². The number of benzene rings is 1. The van der Waals surface area contributed by atoms with E-state index in [1.54, 1.807) is 0 Å². The number of aromatic nitrogens is 2. The Hall–Kier alpha value is -1.02. The largest absolute Gasteiger partial charge is 0.325 e. The maximum absolute atomic E-state index is 5.76. The first kappa shape index (κ1) is 10.2. The molecular weight excluding hydrogens is 220 g/mol. The van der Waals surface area contributed by atoms with Gasteiger partial charge < -0.3 is 4.57 Å². The van der Waals surface area contributed by atoms with Gasteiger partial charge in [-0.25, -0.2) is 4.98 Å². The van der Waals surface area contributed by atoms with Crippen LogP contribution in [0.5, 0.6) is 0 Å². The van der Waals surface area contributed by atoms with Gasteiger partial charge in [0.1, 0.15) is 5.82 Å². The summed E-state index contributed by atoms with van der Waals surface area (Å²) >= 11 is 5.76. The van der Waals surface area contributed by atoms with Gasteiger partial charge in [-0.15, -0.1) is 11.6 Å². The summed E-state index contributed by atoms with van der Waals surface area (Å²) < 4.78 is 2.42. The van der Waals surface area contributed by atoms with E-state index in [4.69, 9.17) is 16.6 Å². The van der Waals surface area contributed by atoms with Crippen molar-refractivity contribution in [3.8, 4) is 0 Å². The molecule has 0 spiro atoms. The second-order valence-corrected chi connectivity index (χ2v) is 4.79. The van der Waals surface area contributed by atoms with Crippen LogP contribution in [0.25, 0.3) is 11.0 Å². The average Bonchev–Trinajstić information content (AvgIpc) is 3.07. The second kappa shape index (κ2) is 4.10. The molecule has 0 bridgehead atoms. The fourth-order valence-electron chi connectivity index (χ4n) is 2.24. The third kappa shape index (κ3) is 1.71. The number of imidazole rings is 1. The van der Waals surface area contributed by atoms with Gasteiger partial charge in [-0.3, -0.25) is 0 Å². The molecule has 1 saturated carbocycles. The van der Waals surface area contributed by atoms with Crippen LogP contribution < -0.4 is 0 Å². The lowest BCUT2D eigenvalue weighted by Gasteiger charge is -2.06. The average molecular weight is 235 g/mol. The fraction of sp³-hybridized carbons (Fsp3) is 0.462. The summed E-state index contributed by atoms with van der Waals surface area (Å²) in [6, 6.07) is 9.10. The van der Waals surface area contributed by atoms with Gasteiger partial charge in [-0.1, -0.05) is 12.1 Å². The van der Waals surface area contributed by atoms with E-state index < -0.39 is 0 Å². The van der Waals surface area contributed by atoms with Crippen LogP contribution in [-0.2, 0) is 6.42 Å². The Bertz CT molecular complexity index is 500. The number of para-hydroxylation sites is 2. The predicted octanol–water partition coefficient (Wildman–Crippen LogP) is 3.54. The van der Waals surface area contributed by atoms with Crippen LogP contribution in [0.3, 0.4) is 0 Å². The minimum Gasteiger partial charge on any atom is -0.325 e. The highest BCUT2D eigenvalue weighted by molar-refractivity contribution is 6.17. The number of nitrogens with zero attached hydrogens (tertiary/aromatic N) is 2. The standard InChI is InChI=1S/C13H15ClN2/c14-9-3-6-13-15-11-4-1-2-5-12(11)16(13)10-7-8-10/h1-2,4-5,10H,3,6-9H2. The molecule has 1 aliphatic rings. The van der Waals surface area contributed by atoms with Gasteiger partial charge in [-0.2, -0.15) is 0 Å². The van der Waals surface area contributed by atoms with Crippen molar-refractivity contribution in [2.24, 2.45) is 0 Å². The van der Waals surface area contributed by atoms with E-state index in [-0.39, 0.29) is 0 Å². The van der Waals surface area contributed by atoms with E-state index >= 15 is 0 Å². The Balaban J connectivity index is 2.07. The van der Waals surface area contributed by atoms with Crippen molar-refractivity contribution >= 4 is 22.6 Å². The van der Waals surface area contributed by atoms with Gasteiger partial charge in [0.15, 0.2) is 0 Å². The van der Waals surface area contributed by atoms with E-state index in [2.05, 4.69) is 28.8 Å². The molecule has 2 nitrogen and oxygen atoms in total. The highest BCUT2D eigenvalue weighted by atomic mass is 35.5. The second-order valence-electron chi connectivity index (χ2n) is 4.41. The number of hydrogen-bond acceptors (Lipinski definition) is 1. The summed E-state index contributed by atoms with van der Waals surface area (Å²) in [5, 5.41) is 0. The monoisotopic (exact) mass is 234 g/mol. The highest BCUT2D eigenvalue weighted by Crippen LogP contribution is 2.38. The van der Waals surface area contributed by atoms with Crippen LogP contribution in [0.4, 0.5) is 0 Å². The van der Waals surface area contributed by atoms with E-state index in [9.17, 15) is 0 Å².